The first-order chi connectivity index (χ1) is 11.5. The molecule has 3 rings (SSSR count). The number of para-hydroxylation sites is 1. The van der Waals surface area contributed by atoms with Crippen molar-refractivity contribution in [2.45, 2.75) is 6.92 Å². The molecule has 2 aromatic carbocycles. The zero-order valence-corrected chi connectivity index (χ0v) is 17.3. The van der Waals surface area contributed by atoms with Crippen LogP contribution in [0.3, 0.4) is 0 Å². The second-order valence-electron chi connectivity index (χ2n) is 5.10. The highest BCUT2D eigenvalue weighted by Crippen LogP contribution is 2.36. The predicted octanol–water partition coefficient (Wildman–Crippen LogP) is 6.77. The van der Waals surface area contributed by atoms with E-state index in [0.717, 1.165) is 31.6 Å². The minimum Gasteiger partial charge on any atom is -0.297 e. The molecular weight excluding hydrogens is 474 g/mol. The van der Waals surface area contributed by atoms with Gasteiger partial charge in [-0.25, -0.2) is 4.68 Å². The molecule has 0 aliphatic heterocycles. The fraction of sp³-hybridized carbons (Fsp3) is 0.0588. The lowest BCUT2D eigenvalue weighted by Gasteiger charge is -2.02. The molecule has 3 aromatic rings. The summed E-state index contributed by atoms with van der Waals surface area (Å²) in [5.74, 6) is 0. The number of halogens is 3. The molecule has 0 aliphatic carbocycles. The first kappa shape index (κ1) is 17.6. The van der Waals surface area contributed by atoms with Crippen LogP contribution in [0.15, 0.2) is 56.4 Å². The first-order valence-corrected chi connectivity index (χ1v) is 9.40. The van der Waals surface area contributed by atoms with Gasteiger partial charge in [-0.15, -0.1) is 0 Å². The van der Waals surface area contributed by atoms with Gasteiger partial charge in [-0.2, -0.15) is 0 Å². The fourth-order valence-corrected chi connectivity index (χ4v) is 4.49. The van der Waals surface area contributed by atoms with Crippen LogP contribution in [0.25, 0.3) is 5.69 Å². The first-order valence-electron chi connectivity index (χ1n) is 7.03. The number of aromatic nitrogens is 2. The molecule has 7 heteroatoms. The number of nitrogens with zero attached hydrogens (tertiary/aromatic N) is 2. The maximum absolute atomic E-state index is 6.02. The van der Waals surface area contributed by atoms with Gasteiger partial charge in [0.2, 0.25) is 0 Å². The van der Waals surface area contributed by atoms with Gasteiger partial charge in [-0.1, -0.05) is 42.0 Å². The van der Waals surface area contributed by atoms with Gasteiger partial charge >= 0.3 is 0 Å². The highest BCUT2D eigenvalue weighted by molar-refractivity contribution is 9.11. The van der Waals surface area contributed by atoms with Crippen molar-refractivity contribution in [3.05, 3.63) is 72.3 Å². The standard InChI is InChI=1S/C17H12Br2ClN3S/c1-10-13(9-21-16-14(18)7-11(20)8-15(16)19)17(24)23(22-10)12-5-3-2-4-6-12/h2-9,22H,1H3. The van der Waals surface area contributed by atoms with Crippen LogP contribution in [0.2, 0.25) is 5.02 Å². The summed E-state index contributed by atoms with van der Waals surface area (Å²) in [6.45, 7) is 1.97. The molecular formula is C17H12Br2ClN3S. The van der Waals surface area contributed by atoms with Crippen LogP contribution >= 0.6 is 55.7 Å². The Hall–Kier alpha value is -1.21. The molecule has 0 aliphatic rings. The van der Waals surface area contributed by atoms with E-state index in [1.807, 2.05) is 54.1 Å². The highest BCUT2D eigenvalue weighted by Gasteiger charge is 2.09. The van der Waals surface area contributed by atoms with Crippen LogP contribution in [-0.4, -0.2) is 16.0 Å². The predicted molar refractivity (Wildman–Crippen MR) is 110 cm³/mol. The number of hydrogen-bond acceptors (Lipinski definition) is 2. The largest absolute Gasteiger partial charge is 0.297 e. The molecule has 0 fully saturated rings. The second-order valence-corrected chi connectivity index (χ2v) is 7.63. The van der Waals surface area contributed by atoms with Crippen LogP contribution < -0.4 is 0 Å². The fourth-order valence-electron chi connectivity index (χ4n) is 2.26. The Labute approximate surface area is 166 Å². The van der Waals surface area contributed by atoms with E-state index < -0.39 is 0 Å². The lowest BCUT2D eigenvalue weighted by molar-refractivity contribution is 0.853. The second kappa shape index (κ2) is 7.35. The number of aryl methyl sites for hydroxylation is 1. The third-order valence-electron chi connectivity index (χ3n) is 3.44. The maximum Gasteiger partial charge on any atom is 0.136 e. The molecule has 0 atom stereocenters. The molecule has 0 radical (unpaired) electrons. The van der Waals surface area contributed by atoms with Crippen molar-refractivity contribution < 1.29 is 0 Å². The van der Waals surface area contributed by atoms with E-state index in [1.54, 1.807) is 6.21 Å². The van der Waals surface area contributed by atoms with Crippen LogP contribution in [0.4, 0.5) is 5.69 Å². The summed E-state index contributed by atoms with van der Waals surface area (Å²) < 4.78 is 4.18. The Kier molecular flexibility index (Phi) is 5.39. The van der Waals surface area contributed by atoms with Crippen LogP contribution in [0, 0.1) is 11.6 Å². The summed E-state index contributed by atoms with van der Waals surface area (Å²) in [7, 11) is 0. The summed E-state index contributed by atoms with van der Waals surface area (Å²) in [4.78, 5) is 4.57. The number of H-pyrrole nitrogens is 1. The van der Waals surface area contributed by atoms with Crippen molar-refractivity contribution in [1.82, 2.24) is 9.78 Å². The Morgan fingerprint density at radius 3 is 2.42 bits per heavy atom. The van der Waals surface area contributed by atoms with Crippen LogP contribution in [0.5, 0.6) is 0 Å². The topological polar surface area (TPSA) is 33.1 Å². The average molecular weight is 486 g/mol. The summed E-state index contributed by atoms with van der Waals surface area (Å²) in [5.41, 5.74) is 3.58. The van der Waals surface area contributed by atoms with Crippen molar-refractivity contribution in [2.75, 3.05) is 0 Å². The van der Waals surface area contributed by atoms with Gasteiger partial charge < -0.3 is 0 Å². The van der Waals surface area contributed by atoms with E-state index in [1.165, 1.54) is 0 Å². The van der Waals surface area contributed by atoms with E-state index in [2.05, 4.69) is 42.0 Å². The molecule has 0 saturated heterocycles. The summed E-state index contributed by atoms with van der Waals surface area (Å²) in [6.07, 6.45) is 1.77. The molecule has 1 N–H and O–H groups in total. The van der Waals surface area contributed by atoms with Gasteiger partial charge in [0.25, 0.3) is 0 Å². The van der Waals surface area contributed by atoms with Gasteiger partial charge in [0, 0.05) is 25.9 Å². The number of aromatic amines is 1. The Morgan fingerprint density at radius 1 is 1.17 bits per heavy atom. The van der Waals surface area contributed by atoms with Gasteiger partial charge in [0.15, 0.2) is 0 Å². The summed E-state index contributed by atoms with van der Waals surface area (Å²) >= 11 is 18.6. The number of rotatable bonds is 3. The van der Waals surface area contributed by atoms with Gasteiger partial charge in [0.05, 0.1) is 16.9 Å². The zero-order valence-electron chi connectivity index (χ0n) is 12.6. The molecule has 1 heterocycles. The molecule has 24 heavy (non-hydrogen) atoms. The molecule has 122 valence electrons. The maximum atomic E-state index is 6.02. The van der Waals surface area contributed by atoms with Crippen molar-refractivity contribution in [3.8, 4) is 5.69 Å². The van der Waals surface area contributed by atoms with E-state index in [9.17, 15) is 0 Å². The molecule has 0 spiro atoms. The lowest BCUT2D eigenvalue weighted by atomic mass is 10.3. The van der Waals surface area contributed by atoms with E-state index >= 15 is 0 Å². The normalized spacial score (nSPS) is 11.3. The average Bonchev–Trinajstić information content (AvgIpc) is 2.82. The number of hydrogen-bond donors (Lipinski definition) is 1. The number of aliphatic imine (C=N–C) groups is 1. The smallest absolute Gasteiger partial charge is 0.136 e. The van der Waals surface area contributed by atoms with Gasteiger partial charge in [0.1, 0.15) is 4.64 Å². The SMILES string of the molecule is Cc1[nH]n(-c2ccccc2)c(=S)c1C=Nc1c(Br)cc(Cl)cc1Br. The molecule has 1 aromatic heterocycles. The van der Waals surface area contributed by atoms with Crippen molar-refractivity contribution >= 4 is 67.6 Å². The van der Waals surface area contributed by atoms with Crippen molar-refractivity contribution in [3.63, 3.8) is 0 Å². The van der Waals surface area contributed by atoms with E-state index in [0.29, 0.717) is 9.66 Å². The molecule has 0 saturated carbocycles. The van der Waals surface area contributed by atoms with Crippen LogP contribution in [-0.2, 0) is 0 Å². The molecule has 0 unspecified atom stereocenters. The van der Waals surface area contributed by atoms with Crippen molar-refractivity contribution in [2.24, 2.45) is 4.99 Å². The zero-order chi connectivity index (χ0) is 17.3. The van der Waals surface area contributed by atoms with Crippen molar-refractivity contribution in [1.29, 1.82) is 0 Å². The Bertz CT molecular complexity index is 954. The summed E-state index contributed by atoms with van der Waals surface area (Å²) in [6, 6.07) is 13.5. The quantitative estimate of drug-likeness (QED) is 0.322. The third kappa shape index (κ3) is 3.57. The van der Waals surface area contributed by atoms with Crippen LogP contribution in [0.1, 0.15) is 11.3 Å². The lowest BCUT2D eigenvalue weighted by Crippen LogP contribution is -1.95. The highest BCUT2D eigenvalue weighted by atomic mass is 79.9. The summed E-state index contributed by atoms with van der Waals surface area (Å²) in [5, 5.41) is 3.92. The molecule has 3 nitrogen and oxygen atoms in total. The van der Waals surface area contributed by atoms with E-state index in [-0.39, 0.29) is 0 Å². The van der Waals surface area contributed by atoms with Gasteiger partial charge in [-0.3, -0.25) is 10.1 Å². The molecule has 0 amide bonds. The minimum atomic E-state index is 0.636. The molecule has 0 bridgehead atoms. The minimum absolute atomic E-state index is 0.636. The Balaban J connectivity index is 2.03. The van der Waals surface area contributed by atoms with Gasteiger partial charge in [-0.05, 0) is 63.0 Å². The number of nitrogens with one attached hydrogen (secondary N) is 1. The Morgan fingerprint density at radius 2 is 1.79 bits per heavy atom. The number of benzene rings is 2. The third-order valence-corrected chi connectivity index (χ3v) is 5.27. The monoisotopic (exact) mass is 483 g/mol. The van der Waals surface area contributed by atoms with E-state index in [4.69, 9.17) is 23.8 Å².